The maximum absolute atomic E-state index is 14.4. The van der Waals surface area contributed by atoms with E-state index in [0.29, 0.717) is 15.9 Å². The Morgan fingerprint density at radius 1 is 1.20 bits per heavy atom. The second-order valence-electron chi connectivity index (χ2n) is 6.91. The van der Waals surface area contributed by atoms with Gasteiger partial charge in [0.1, 0.15) is 17.5 Å². The lowest BCUT2D eigenvalue weighted by atomic mass is 9.86. The number of anilines is 1. The highest BCUT2D eigenvalue weighted by Crippen LogP contribution is 2.37. The summed E-state index contributed by atoms with van der Waals surface area (Å²) in [4.78, 5) is 29.3. The Bertz CT molecular complexity index is 1200. The third-order valence-corrected chi connectivity index (χ3v) is 6.27. The molecule has 154 valence electrons. The molecule has 3 aromatic rings. The minimum atomic E-state index is -0.911. The van der Waals surface area contributed by atoms with Crippen LogP contribution in [-0.4, -0.2) is 15.5 Å². The number of hydrogen-bond acceptors (Lipinski definition) is 4. The van der Waals surface area contributed by atoms with Crippen LogP contribution < -0.4 is 10.9 Å². The molecule has 5 nitrogen and oxygen atoms in total. The summed E-state index contributed by atoms with van der Waals surface area (Å²) < 4.78 is 29.7. The summed E-state index contributed by atoms with van der Waals surface area (Å²) in [5.74, 6) is -1.83. The van der Waals surface area contributed by atoms with Gasteiger partial charge in [-0.25, -0.2) is 8.78 Å². The summed E-state index contributed by atoms with van der Waals surface area (Å²) in [5, 5.41) is 3.71. The average Bonchev–Trinajstić information content (AvgIpc) is 2.72. The van der Waals surface area contributed by atoms with Gasteiger partial charge in [0.2, 0.25) is 5.91 Å². The highest BCUT2D eigenvalue weighted by atomic mass is 35.5. The van der Waals surface area contributed by atoms with Gasteiger partial charge in [0.15, 0.2) is 5.16 Å². The first-order valence-corrected chi connectivity index (χ1v) is 10.4. The molecule has 0 bridgehead atoms. The lowest BCUT2D eigenvalue weighted by Crippen LogP contribution is -2.33. The molecular weight excluding hydrogens is 432 g/mol. The van der Waals surface area contributed by atoms with E-state index in [1.807, 2.05) is 12.1 Å². The van der Waals surface area contributed by atoms with Gasteiger partial charge in [-0.05, 0) is 41.5 Å². The van der Waals surface area contributed by atoms with E-state index >= 15 is 0 Å². The van der Waals surface area contributed by atoms with Crippen molar-refractivity contribution in [2.75, 3.05) is 5.32 Å². The Hall–Kier alpha value is -2.71. The Balaban J connectivity index is 1.74. The van der Waals surface area contributed by atoms with Gasteiger partial charge in [0.25, 0.3) is 5.56 Å². The van der Waals surface area contributed by atoms with Gasteiger partial charge in [-0.15, -0.1) is 0 Å². The fraction of sp³-hybridized carbons (Fsp3) is 0.190. The first kappa shape index (κ1) is 20.6. The molecule has 1 N–H and O–H groups in total. The molecule has 1 aliphatic heterocycles. The van der Waals surface area contributed by atoms with Crippen molar-refractivity contribution in [3.05, 3.63) is 86.2 Å². The SMILES string of the molecule is Cn1c(SCc2ccc(Cl)cc2)nc(=O)c2c1NC(=O)CC2c1cc(F)ccc1F. The van der Waals surface area contributed by atoms with Crippen LogP contribution in [0.15, 0.2) is 52.4 Å². The van der Waals surface area contributed by atoms with Crippen molar-refractivity contribution in [1.82, 2.24) is 9.55 Å². The number of amides is 1. The summed E-state index contributed by atoms with van der Waals surface area (Å²) in [5.41, 5.74) is 0.527. The van der Waals surface area contributed by atoms with Gasteiger partial charge in [0.05, 0.1) is 5.56 Å². The maximum atomic E-state index is 14.4. The van der Waals surface area contributed by atoms with Gasteiger partial charge in [-0.2, -0.15) is 4.98 Å². The molecule has 9 heteroatoms. The van der Waals surface area contributed by atoms with E-state index in [0.717, 1.165) is 23.8 Å². The van der Waals surface area contributed by atoms with Crippen molar-refractivity contribution in [3.8, 4) is 0 Å². The number of hydrogen-bond donors (Lipinski definition) is 1. The number of benzene rings is 2. The number of rotatable bonds is 4. The Morgan fingerprint density at radius 3 is 2.67 bits per heavy atom. The summed E-state index contributed by atoms with van der Waals surface area (Å²) in [6.45, 7) is 0. The zero-order chi connectivity index (χ0) is 21.4. The number of nitrogens with zero attached hydrogens (tertiary/aromatic N) is 2. The molecule has 4 rings (SSSR count). The van der Waals surface area contributed by atoms with Crippen molar-refractivity contribution in [2.24, 2.45) is 7.05 Å². The minimum absolute atomic E-state index is 0.0356. The standard InChI is InChI=1S/C21H16ClF2N3O2S/c1-27-19-18(15(9-17(28)25-19)14-8-13(23)6-7-16(14)24)20(29)26-21(27)30-10-11-2-4-12(22)5-3-11/h2-8,15H,9-10H2,1H3,(H,25,28). The molecule has 1 aromatic heterocycles. The molecule has 1 aliphatic rings. The van der Waals surface area contributed by atoms with E-state index in [4.69, 9.17) is 11.6 Å². The molecule has 0 fully saturated rings. The maximum Gasteiger partial charge on any atom is 0.279 e. The number of halogens is 3. The molecule has 2 aromatic carbocycles. The highest BCUT2D eigenvalue weighted by Gasteiger charge is 2.33. The Kier molecular flexibility index (Phi) is 5.62. The molecule has 0 radical (unpaired) electrons. The normalized spacial score (nSPS) is 15.6. The molecule has 1 atom stereocenters. The number of aromatic nitrogens is 2. The third kappa shape index (κ3) is 3.97. The highest BCUT2D eigenvalue weighted by molar-refractivity contribution is 7.98. The first-order chi connectivity index (χ1) is 14.3. The second kappa shape index (κ2) is 8.20. The zero-order valence-electron chi connectivity index (χ0n) is 15.8. The van der Waals surface area contributed by atoms with Crippen molar-refractivity contribution in [3.63, 3.8) is 0 Å². The van der Waals surface area contributed by atoms with Crippen LogP contribution in [0.1, 0.15) is 29.0 Å². The van der Waals surface area contributed by atoms with Gasteiger partial charge in [-0.1, -0.05) is 35.5 Å². The van der Waals surface area contributed by atoms with Gasteiger partial charge in [-0.3, -0.25) is 9.59 Å². The first-order valence-electron chi connectivity index (χ1n) is 9.06. The lowest BCUT2D eigenvalue weighted by molar-refractivity contribution is -0.116. The summed E-state index contributed by atoms with van der Waals surface area (Å²) in [6, 6.07) is 10.3. The molecule has 0 aliphatic carbocycles. The Morgan fingerprint density at radius 2 is 1.93 bits per heavy atom. The molecule has 1 unspecified atom stereocenters. The predicted octanol–water partition coefficient (Wildman–Crippen LogP) is 4.48. The van der Waals surface area contributed by atoms with Crippen molar-refractivity contribution >= 4 is 35.1 Å². The molecular formula is C21H16ClF2N3O2S. The monoisotopic (exact) mass is 447 g/mol. The topological polar surface area (TPSA) is 64.0 Å². The van der Waals surface area contributed by atoms with E-state index < -0.39 is 23.1 Å². The lowest BCUT2D eigenvalue weighted by Gasteiger charge is -2.27. The molecule has 1 amide bonds. The van der Waals surface area contributed by atoms with Gasteiger partial charge >= 0.3 is 0 Å². The second-order valence-corrected chi connectivity index (χ2v) is 8.29. The summed E-state index contributed by atoms with van der Waals surface area (Å²) in [7, 11) is 1.67. The van der Waals surface area contributed by atoms with Gasteiger partial charge in [0, 0.05) is 30.2 Å². The smallest absolute Gasteiger partial charge is 0.279 e. The van der Waals surface area contributed by atoms with Gasteiger partial charge < -0.3 is 9.88 Å². The van der Waals surface area contributed by atoms with Crippen LogP contribution in [0.2, 0.25) is 5.02 Å². The van der Waals surface area contributed by atoms with Crippen LogP contribution in [0.4, 0.5) is 14.6 Å². The third-order valence-electron chi connectivity index (χ3n) is 4.92. The fourth-order valence-electron chi connectivity index (χ4n) is 3.44. The number of thioether (sulfide) groups is 1. The van der Waals surface area contributed by atoms with E-state index in [2.05, 4.69) is 10.3 Å². The largest absolute Gasteiger partial charge is 0.312 e. The number of nitrogens with one attached hydrogen (secondary N) is 1. The number of carbonyl (C=O) groups is 1. The number of carbonyl (C=O) groups excluding carboxylic acids is 1. The van der Waals surface area contributed by atoms with Crippen molar-refractivity contribution in [2.45, 2.75) is 23.2 Å². The summed E-state index contributed by atoms with van der Waals surface area (Å²) >= 11 is 7.22. The van der Waals surface area contributed by atoms with E-state index in [1.54, 1.807) is 23.7 Å². The number of fused-ring (bicyclic) bond motifs is 1. The van der Waals surface area contributed by atoms with Crippen LogP contribution in [0.3, 0.4) is 0 Å². The van der Waals surface area contributed by atoms with E-state index in [9.17, 15) is 18.4 Å². The van der Waals surface area contributed by atoms with E-state index in [1.165, 1.54) is 11.8 Å². The minimum Gasteiger partial charge on any atom is -0.312 e. The molecule has 0 spiro atoms. The quantitative estimate of drug-likeness (QED) is 0.473. The zero-order valence-corrected chi connectivity index (χ0v) is 17.4. The van der Waals surface area contributed by atoms with E-state index in [-0.39, 0.29) is 29.3 Å². The van der Waals surface area contributed by atoms with Crippen molar-refractivity contribution < 1.29 is 13.6 Å². The average molecular weight is 448 g/mol. The van der Waals surface area contributed by atoms with Crippen LogP contribution in [0.25, 0.3) is 0 Å². The van der Waals surface area contributed by atoms with Crippen LogP contribution >= 0.6 is 23.4 Å². The van der Waals surface area contributed by atoms with Crippen LogP contribution in [-0.2, 0) is 17.6 Å². The fourth-order valence-corrected chi connectivity index (χ4v) is 4.49. The van der Waals surface area contributed by atoms with Crippen LogP contribution in [0.5, 0.6) is 0 Å². The molecule has 2 heterocycles. The van der Waals surface area contributed by atoms with Crippen LogP contribution in [0, 0.1) is 11.6 Å². The molecule has 30 heavy (non-hydrogen) atoms. The molecule has 0 saturated carbocycles. The predicted molar refractivity (Wildman–Crippen MR) is 112 cm³/mol. The molecule has 0 saturated heterocycles. The Labute approximate surface area is 180 Å². The summed E-state index contributed by atoms with van der Waals surface area (Å²) in [6.07, 6.45) is -0.165. The van der Waals surface area contributed by atoms with Crippen molar-refractivity contribution in [1.29, 1.82) is 0 Å².